The number of carboxylic acid groups (broad SMARTS) is 1. The SMILES string of the molecule is CCC(=O)Nc1c(I)c(NC(C)=O)c(I)c(C(=O)NCC(=O)O)c1I. The highest BCUT2D eigenvalue weighted by Gasteiger charge is 2.26. The smallest absolute Gasteiger partial charge is 0.322 e. The van der Waals surface area contributed by atoms with E-state index in [-0.39, 0.29) is 23.8 Å². The van der Waals surface area contributed by atoms with Crippen LogP contribution >= 0.6 is 67.8 Å². The number of carbonyl (C=O) groups excluding carboxylic acids is 3. The first kappa shape index (κ1) is 22.3. The fraction of sp³-hybridized carbons (Fsp3) is 0.286. The molecule has 0 bridgehead atoms. The Bertz CT molecular complexity index is 752. The molecule has 0 saturated heterocycles. The number of amides is 3. The van der Waals surface area contributed by atoms with Crippen LogP contribution in [0.1, 0.15) is 30.6 Å². The lowest BCUT2D eigenvalue weighted by atomic mass is 10.1. The Morgan fingerprint density at radius 3 is 1.92 bits per heavy atom. The van der Waals surface area contributed by atoms with Crippen LogP contribution in [0.2, 0.25) is 0 Å². The summed E-state index contributed by atoms with van der Waals surface area (Å²) in [5.74, 6) is -2.36. The van der Waals surface area contributed by atoms with Gasteiger partial charge in [0.15, 0.2) is 0 Å². The van der Waals surface area contributed by atoms with Gasteiger partial charge in [0.05, 0.1) is 27.6 Å². The summed E-state index contributed by atoms with van der Waals surface area (Å²) in [4.78, 5) is 46.4. The number of nitrogens with one attached hydrogen (secondary N) is 3. The maximum atomic E-state index is 12.4. The third-order valence-corrected chi connectivity index (χ3v) is 6.07. The van der Waals surface area contributed by atoms with Crippen molar-refractivity contribution in [2.24, 2.45) is 0 Å². The van der Waals surface area contributed by atoms with E-state index in [0.29, 0.717) is 22.1 Å². The molecule has 0 radical (unpaired) electrons. The molecule has 0 heterocycles. The zero-order chi connectivity index (χ0) is 19.3. The third kappa shape index (κ3) is 5.90. The predicted octanol–water partition coefficient (Wildman–Crippen LogP) is 2.62. The molecule has 0 unspecified atom stereocenters. The molecule has 0 aliphatic heterocycles. The van der Waals surface area contributed by atoms with Gasteiger partial charge in [-0.05, 0) is 67.8 Å². The molecule has 0 atom stereocenters. The van der Waals surface area contributed by atoms with Gasteiger partial charge in [-0.1, -0.05) is 6.92 Å². The van der Waals surface area contributed by atoms with E-state index in [4.69, 9.17) is 5.11 Å². The van der Waals surface area contributed by atoms with Crippen molar-refractivity contribution < 1.29 is 24.3 Å². The summed E-state index contributed by atoms with van der Waals surface area (Å²) in [5, 5.41) is 16.4. The number of hydrogen-bond donors (Lipinski definition) is 4. The summed E-state index contributed by atoms with van der Waals surface area (Å²) in [6.07, 6.45) is 0.244. The van der Waals surface area contributed by atoms with Crippen LogP contribution in [0.5, 0.6) is 0 Å². The molecule has 1 aromatic rings. The van der Waals surface area contributed by atoms with Gasteiger partial charge in [-0.15, -0.1) is 0 Å². The molecule has 8 nitrogen and oxygen atoms in total. The van der Waals surface area contributed by atoms with E-state index in [1.54, 1.807) is 6.92 Å². The van der Waals surface area contributed by atoms with Crippen LogP contribution in [0.3, 0.4) is 0 Å². The summed E-state index contributed by atoms with van der Waals surface area (Å²) < 4.78 is 1.50. The van der Waals surface area contributed by atoms with Gasteiger partial charge in [0.25, 0.3) is 5.91 Å². The van der Waals surface area contributed by atoms with Crippen molar-refractivity contribution in [2.45, 2.75) is 20.3 Å². The van der Waals surface area contributed by atoms with Crippen molar-refractivity contribution in [1.82, 2.24) is 5.32 Å². The Balaban J connectivity index is 3.55. The van der Waals surface area contributed by atoms with E-state index in [1.807, 2.05) is 67.8 Å². The number of halogens is 3. The van der Waals surface area contributed by atoms with Gasteiger partial charge in [-0.25, -0.2) is 0 Å². The predicted molar refractivity (Wildman–Crippen MR) is 118 cm³/mol. The molecule has 3 amide bonds. The second kappa shape index (κ2) is 9.84. The Morgan fingerprint density at radius 1 is 0.960 bits per heavy atom. The summed E-state index contributed by atoms with van der Waals surface area (Å²) in [5.41, 5.74) is 0.983. The molecule has 136 valence electrons. The van der Waals surface area contributed by atoms with Crippen molar-refractivity contribution in [3.8, 4) is 0 Å². The highest BCUT2D eigenvalue weighted by Crippen LogP contribution is 2.38. The van der Waals surface area contributed by atoms with Crippen molar-refractivity contribution in [2.75, 3.05) is 17.2 Å². The lowest BCUT2D eigenvalue weighted by Crippen LogP contribution is -2.31. The minimum Gasteiger partial charge on any atom is -0.480 e. The quantitative estimate of drug-likeness (QED) is 0.343. The summed E-state index contributed by atoms with van der Waals surface area (Å²) in [6.45, 7) is 2.48. The normalized spacial score (nSPS) is 10.1. The van der Waals surface area contributed by atoms with E-state index in [9.17, 15) is 19.2 Å². The standard InChI is InChI=1S/C14H14I3N3O5/c1-3-6(22)20-13-10(16)8(14(25)18-4-7(23)24)9(15)12(11(13)17)19-5(2)21/h3-4H2,1-2H3,(H,18,25)(H,19,21)(H,20,22)(H,23,24). The monoisotopic (exact) mass is 685 g/mol. The second-order valence-corrected chi connectivity index (χ2v) is 7.96. The summed E-state index contributed by atoms with van der Waals surface area (Å²) >= 11 is 5.81. The number of carboxylic acids is 1. The summed E-state index contributed by atoms with van der Waals surface area (Å²) in [6, 6.07) is 0. The highest BCUT2D eigenvalue weighted by atomic mass is 127. The molecule has 0 fully saturated rings. The minimum atomic E-state index is -1.18. The average molecular weight is 685 g/mol. The lowest BCUT2D eigenvalue weighted by Gasteiger charge is -2.19. The van der Waals surface area contributed by atoms with E-state index in [0.717, 1.165) is 0 Å². The van der Waals surface area contributed by atoms with E-state index < -0.39 is 18.4 Å². The Kier molecular flexibility index (Phi) is 8.79. The van der Waals surface area contributed by atoms with Crippen molar-refractivity contribution in [1.29, 1.82) is 0 Å². The molecule has 1 aromatic carbocycles. The Labute approximate surface area is 184 Å². The third-order valence-electron chi connectivity index (χ3n) is 2.83. The van der Waals surface area contributed by atoms with Gasteiger partial charge in [0.2, 0.25) is 11.8 Å². The number of benzene rings is 1. The number of carbonyl (C=O) groups is 4. The molecule has 0 spiro atoms. The molecule has 25 heavy (non-hydrogen) atoms. The first-order valence-electron chi connectivity index (χ1n) is 6.87. The topological polar surface area (TPSA) is 125 Å². The fourth-order valence-corrected chi connectivity index (χ4v) is 5.93. The summed E-state index contributed by atoms with van der Waals surface area (Å²) in [7, 11) is 0. The molecular weight excluding hydrogens is 671 g/mol. The number of aliphatic carboxylic acids is 1. The molecule has 0 aromatic heterocycles. The van der Waals surface area contributed by atoms with Crippen LogP contribution in [0, 0.1) is 10.7 Å². The maximum Gasteiger partial charge on any atom is 0.322 e. The van der Waals surface area contributed by atoms with Crippen LogP contribution in [0.4, 0.5) is 11.4 Å². The average Bonchev–Trinajstić information content (AvgIpc) is 2.53. The van der Waals surface area contributed by atoms with Crippen LogP contribution in [-0.2, 0) is 14.4 Å². The van der Waals surface area contributed by atoms with Crippen LogP contribution in [0.25, 0.3) is 0 Å². The molecule has 4 N–H and O–H groups in total. The van der Waals surface area contributed by atoms with Gasteiger partial charge in [0.1, 0.15) is 6.54 Å². The maximum absolute atomic E-state index is 12.4. The zero-order valence-electron chi connectivity index (χ0n) is 13.1. The van der Waals surface area contributed by atoms with Gasteiger partial charge in [-0.3, -0.25) is 19.2 Å². The second-order valence-electron chi connectivity index (χ2n) is 4.73. The van der Waals surface area contributed by atoms with Gasteiger partial charge < -0.3 is 21.1 Å². The van der Waals surface area contributed by atoms with Gasteiger partial charge in [0, 0.05) is 13.3 Å². The van der Waals surface area contributed by atoms with Crippen molar-refractivity contribution >= 4 is 103 Å². The van der Waals surface area contributed by atoms with E-state index in [2.05, 4.69) is 16.0 Å². The largest absolute Gasteiger partial charge is 0.480 e. The minimum absolute atomic E-state index is 0.193. The van der Waals surface area contributed by atoms with Gasteiger partial charge in [-0.2, -0.15) is 0 Å². The Hall–Kier alpha value is -0.710. The molecule has 0 aliphatic carbocycles. The van der Waals surface area contributed by atoms with Gasteiger partial charge >= 0.3 is 5.97 Å². The van der Waals surface area contributed by atoms with Crippen LogP contribution in [0.15, 0.2) is 0 Å². The lowest BCUT2D eigenvalue weighted by molar-refractivity contribution is -0.135. The zero-order valence-corrected chi connectivity index (χ0v) is 19.6. The van der Waals surface area contributed by atoms with Crippen LogP contribution in [-0.4, -0.2) is 35.3 Å². The molecule has 0 saturated carbocycles. The molecular formula is C14H14I3N3O5. The van der Waals surface area contributed by atoms with Crippen molar-refractivity contribution in [3.05, 3.63) is 16.3 Å². The molecule has 11 heteroatoms. The van der Waals surface area contributed by atoms with E-state index >= 15 is 0 Å². The van der Waals surface area contributed by atoms with Crippen LogP contribution < -0.4 is 16.0 Å². The molecule has 0 aliphatic rings. The highest BCUT2D eigenvalue weighted by molar-refractivity contribution is 14.1. The fourth-order valence-electron chi connectivity index (χ4n) is 1.73. The molecule has 1 rings (SSSR count). The van der Waals surface area contributed by atoms with E-state index in [1.165, 1.54) is 6.92 Å². The Morgan fingerprint density at radius 2 is 1.48 bits per heavy atom. The number of hydrogen-bond acceptors (Lipinski definition) is 4. The number of rotatable bonds is 6. The number of anilines is 2. The first-order chi connectivity index (χ1) is 11.6. The van der Waals surface area contributed by atoms with Crippen molar-refractivity contribution in [3.63, 3.8) is 0 Å². The first-order valence-corrected chi connectivity index (χ1v) is 10.1.